The summed E-state index contributed by atoms with van der Waals surface area (Å²) in [5, 5.41) is 3.30. The van der Waals surface area contributed by atoms with E-state index < -0.39 is 0 Å². The summed E-state index contributed by atoms with van der Waals surface area (Å²) < 4.78 is 5.07. The van der Waals surface area contributed by atoms with Crippen molar-refractivity contribution in [1.29, 1.82) is 0 Å². The molecule has 78 valence electrons. The van der Waals surface area contributed by atoms with Crippen LogP contribution in [0.1, 0.15) is 13.8 Å². The molecular formula is C11H17NOS. The van der Waals surface area contributed by atoms with E-state index in [1.807, 2.05) is 24.3 Å². The summed E-state index contributed by atoms with van der Waals surface area (Å²) in [6.07, 6.45) is 0. The number of nitrogens with one attached hydrogen (secondary N) is 1. The minimum Gasteiger partial charge on any atom is -0.497 e. The van der Waals surface area contributed by atoms with Crippen molar-refractivity contribution in [1.82, 2.24) is 0 Å². The van der Waals surface area contributed by atoms with E-state index in [0.29, 0.717) is 0 Å². The van der Waals surface area contributed by atoms with E-state index in [1.54, 1.807) is 7.11 Å². The number of methoxy groups -OCH3 is 1. The molecule has 0 aliphatic carbocycles. The van der Waals surface area contributed by atoms with Gasteiger partial charge < -0.3 is 10.1 Å². The molecule has 0 unspecified atom stereocenters. The van der Waals surface area contributed by atoms with Crippen LogP contribution in [0.15, 0.2) is 24.3 Å². The molecule has 2 nitrogen and oxygen atoms in total. The standard InChI is InChI=1S/C11H17NOS/c1-11(2,14)8-12-9-4-6-10(13-3)7-5-9/h4-7,12,14H,8H2,1-3H3. The van der Waals surface area contributed by atoms with Crippen LogP contribution in [0.5, 0.6) is 5.75 Å². The summed E-state index contributed by atoms with van der Waals surface area (Å²) in [4.78, 5) is 0. The van der Waals surface area contributed by atoms with Crippen molar-refractivity contribution in [3.63, 3.8) is 0 Å². The second kappa shape index (κ2) is 4.60. The fourth-order valence-electron chi connectivity index (χ4n) is 1.03. The van der Waals surface area contributed by atoms with Crippen LogP contribution in [0.25, 0.3) is 0 Å². The lowest BCUT2D eigenvalue weighted by atomic mass is 10.2. The van der Waals surface area contributed by atoms with E-state index in [9.17, 15) is 0 Å². The Labute approximate surface area is 91.1 Å². The highest BCUT2D eigenvalue weighted by Gasteiger charge is 2.10. The zero-order valence-electron chi connectivity index (χ0n) is 8.87. The third-order valence-electron chi connectivity index (χ3n) is 1.82. The third kappa shape index (κ3) is 3.92. The average Bonchev–Trinajstić information content (AvgIpc) is 2.14. The molecule has 0 atom stereocenters. The maximum Gasteiger partial charge on any atom is 0.119 e. The molecule has 0 radical (unpaired) electrons. The normalized spacial score (nSPS) is 11.1. The van der Waals surface area contributed by atoms with Gasteiger partial charge in [-0.2, -0.15) is 12.6 Å². The van der Waals surface area contributed by atoms with Crippen molar-refractivity contribution >= 4 is 18.3 Å². The molecule has 1 aromatic rings. The summed E-state index contributed by atoms with van der Waals surface area (Å²) in [6.45, 7) is 4.99. The van der Waals surface area contributed by atoms with Gasteiger partial charge in [-0.15, -0.1) is 0 Å². The van der Waals surface area contributed by atoms with Gasteiger partial charge in [-0.05, 0) is 38.1 Å². The highest BCUT2D eigenvalue weighted by Crippen LogP contribution is 2.17. The Bertz CT molecular complexity index is 276. The van der Waals surface area contributed by atoms with Crippen LogP contribution < -0.4 is 10.1 Å². The molecule has 1 rings (SSSR count). The maximum absolute atomic E-state index is 5.07. The number of hydrogen-bond donors (Lipinski definition) is 2. The van der Waals surface area contributed by atoms with Crippen molar-refractivity contribution < 1.29 is 4.74 Å². The van der Waals surface area contributed by atoms with E-state index in [4.69, 9.17) is 4.74 Å². The number of rotatable bonds is 4. The van der Waals surface area contributed by atoms with Crippen LogP contribution in [0.4, 0.5) is 5.69 Å². The minimum absolute atomic E-state index is 0.0000717. The van der Waals surface area contributed by atoms with Gasteiger partial charge in [-0.1, -0.05) is 0 Å². The van der Waals surface area contributed by atoms with Crippen LogP contribution in [-0.4, -0.2) is 18.4 Å². The van der Waals surface area contributed by atoms with Crippen LogP contribution in [0, 0.1) is 0 Å². The van der Waals surface area contributed by atoms with Gasteiger partial charge in [0.2, 0.25) is 0 Å². The number of anilines is 1. The topological polar surface area (TPSA) is 21.3 Å². The first kappa shape index (κ1) is 11.2. The van der Waals surface area contributed by atoms with Crippen molar-refractivity contribution in [2.24, 2.45) is 0 Å². The number of benzene rings is 1. The average molecular weight is 211 g/mol. The molecule has 0 bridgehead atoms. The van der Waals surface area contributed by atoms with E-state index >= 15 is 0 Å². The molecule has 0 saturated heterocycles. The molecule has 0 amide bonds. The van der Waals surface area contributed by atoms with Crippen molar-refractivity contribution in [3.05, 3.63) is 24.3 Å². The van der Waals surface area contributed by atoms with E-state index in [2.05, 4.69) is 31.8 Å². The Morgan fingerprint density at radius 2 is 1.86 bits per heavy atom. The monoisotopic (exact) mass is 211 g/mol. The van der Waals surface area contributed by atoms with E-state index in [1.165, 1.54) is 0 Å². The smallest absolute Gasteiger partial charge is 0.119 e. The minimum atomic E-state index is -0.0000717. The van der Waals surface area contributed by atoms with E-state index in [0.717, 1.165) is 18.0 Å². The second-order valence-corrected chi connectivity index (χ2v) is 5.11. The fourth-order valence-corrected chi connectivity index (χ4v) is 1.11. The van der Waals surface area contributed by atoms with Gasteiger partial charge >= 0.3 is 0 Å². The first-order chi connectivity index (χ1) is 6.51. The fraction of sp³-hybridized carbons (Fsp3) is 0.455. The van der Waals surface area contributed by atoms with Gasteiger partial charge in [0.25, 0.3) is 0 Å². The SMILES string of the molecule is COc1ccc(NCC(C)(C)S)cc1. The quantitative estimate of drug-likeness (QED) is 0.747. The van der Waals surface area contributed by atoms with Gasteiger partial charge in [0.05, 0.1) is 7.11 Å². The summed E-state index contributed by atoms with van der Waals surface area (Å²) in [6, 6.07) is 7.87. The molecule has 1 N–H and O–H groups in total. The van der Waals surface area contributed by atoms with E-state index in [-0.39, 0.29) is 4.75 Å². The highest BCUT2D eigenvalue weighted by atomic mass is 32.1. The number of hydrogen-bond acceptors (Lipinski definition) is 3. The largest absolute Gasteiger partial charge is 0.497 e. The van der Waals surface area contributed by atoms with Crippen molar-refractivity contribution in [3.8, 4) is 5.75 Å². The van der Waals surface area contributed by atoms with Gasteiger partial charge in [-0.3, -0.25) is 0 Å². The molecule has 0 spiro atoms. The summed E-state index contributed by atoms with van der Waals surface area (Å²) in [5.41, 5.74) is 1.09. The predicted molar refractivity (Wildman–Crippen MR) is 64.5 cm³/mol. The highest BCUT2D eigenvalue weighted by molar-refractivity contribution is 7.81. The molecule has 0 saturated carbocycles. The molecule has 0 aromatic heterocycles. The molecule has 3 heteroatoms. The van der Waals surface area contributed by atoms with Gasteiger partial charge in [0.15, 0.2) is 0 Å². The summed E-state index contributed by atoms with van der Waals surface area (Å²) in [7, 11) is 1.67. The Hall–Kier alpha value is -0.830. The lowest BCUT2D eigenvalue weighted by Gasteiger charge is -2.18. The molecule has 1 aromatic carbocycles. The number of thiol groups is 1. The van der Waals surface area contributed by atoms with Crippen LogP contribution >= 0.6 is 12.6 Å². The van der Waals surface area contributed by atoms with Gasteiger partial charge in [0, 0.05) is 17.0 Å². The maximum atomic E-state index is 5.07. The van der Waals surface area contributed by atoms with Crippen molar-refractivity contribution in [2.45, 2.75) is 18.6 Å². The lowest BCUT2D eigenvalue weighted by molar-refractivity contribution is 0.415. The summed E-state index contributed by atoms with van der Waals surface area (Å²) in [5.74, 6) is 0.876. The Kier molecular flexibility index (Phi) is 3.69. The third-order valence-corrected chi connectivity index (χ3v) is 1.97. The van der Waals surface area contributed by atoms with Gasteiger partial charge in [-0.25, -0.2) is 0 Å². The molecule has 0 aliphatic rings. The van der Waals surface area contributed by atoms with Gasteiger partial charge in [0.1, 0.15) is 5.75 Å². The Balaban J connectivity index is 2.52. The predicted octanol–water partition coefficient (Wildman–Crippen LogP) is 2.82. The van der Waals surface area contributed by atoms with Crippen LogP contribution in [0.3, 0.4) is 0 Å². The zero-order valence-corrected chi connectivity index (χ0v) is 9.77. The molecule has 0 fully saturated rings. The van der Waals surface area contributed by atoms with Crippen LogP contribution in [0.2, 0.25) is 0 Å². The first-order valence-electron chi connectivity index (χ1n) is 4.61. The number of ether oxygens (including phenoxy) is 1. The zero-order chi connectivity index (χ0) is 10.6. The van der Waals surface area contributed by atoms with Crippen molar-refractivity contribution in [2.75, 3.05) is 19.0 Å². The Morgan fingerprint density at radius 3 is 2.29 bits per heavy atom. The Morgan fingerprint density at radius 1 is 1.29 bits per heavy atom. The molecule has 14 heavy (non-hydrogen) atoms. The summed E-state index contributed by atoms with van der Waals surface area (Å²) >= 11 is 4.44. The molecule has 0 heterocycles. The second-order valence-electron chi connectivity index (χ2n) is 3.89. The molecular weight excluding hydrogens is 194 g/mol. The first-order valence-corrected chi connectivity index (χ1v) is 5.06. The molecule has 0 aliphatic heterocycles. The van der Waals surface area contributed by atoms with Crippen LogP contribution in [-0.2, 0) is 0 Å². The lowest BCUT2D eigenvalue weighted by Crippen LogP contribution is -2.23.